The summed E-state index contributed by atoms with van der Waals surface area (Å²) in [5.41, 5.74) is 6.55. The van der Waals surface area contributed by atoms with E-state index < -0.39 is 0 Å². The van der Waals surface area contributed by atoms with Gasteiger partial charge in [0.25, 0.3) is 0 Å². The minimum absolute atomic E-state index is 0.261. The van der Waals surface area contributed by atoms with Gasteiger partial charge in [0, 0.05) is 18.6 Å². The van der Waals surface area contributed by atoms with Crippen molar-refractivity contribution in [1.29, 1.82) is 0 Å². The molecule has 0 aromatic rings. The predicted molar refractivity (Wildman–Crippen MR) is 53.0 cm³/mol. The van der Waals surface area contributed by atoms with E-state index in [4.69, 9.17) is 5.73 Å². The molecule has 1 atom stereocenters. The summed E-state index contributed by atoms with van der Waals surface area (Å²) in [7, 11) is 0. The molecule has 1 fully saturated rings. The van der Waals surface area contributed by atoms with E-state index in [0.29, 0.717) is 16.9 Å². The molecule has 2 nitrogen and oxygen atoms in total. The monoisotopic (exact) mass is 170 g/mol. The molecule has 12 heavy (non-hydrogen) atoms. The molecule has 0 bridgehead atoms. The molecule has 0 aliphatic heterocycles. The summed E-state index contributed by atoms with van der Waals surface area (Å²) >= 11 is 0. The maximum atomic E-state index is 5.68. The van der Waals surface area contributed by atoms with Crippen LogP contribution in [0.3, 0.4) is 0 Å². The van der Waals surface area contributed by atoms with Crippen molar-refractivity contribution < 1.29 is 0 Å². The normalized spacial score (nSPS) is 28.5. The van der Waals surface area contributed by atoms with Crippen molar-refractivity contribution in [3.8, 4) is 0 Å². The van der Waals surface area contributed by atoms with E-state index in [0.717, 1.165) is 6.54 Å². The molecule has 1 unspecified atom stereocenters. The van der Waals surface area contributed by atoms with E-state index in [1.807, 2.05) is 6.92 Å². The number of nitrogens with one attached hydrogen (secondary N) is 1. The lowest BCUT2D eigenvalue weighted by atomic mass is 10.0. The molecule has 1 aliphatic rings. The van der Waals surface area contributed by atoms with Crippen molar-refractivity contribution >= 4 is 0 Å². The second-order valence-electron chi connectivity index (χ2n) is 5.26. The maximum Gasteiger partial charge on any atom is 0.0181 e. The first-order valence-corrected chi connectivity index (χ1v) is 4.79. The maximum absolute atomic E-state index is 5.68. The zero-order chi connectivity index (χ0) is 9.57. The van der Waals surface area contributed by atoms with Crippen LogP contribution in [-0.2, 0) is 0 Å². The standard InChI is InChI=1S/C10H22N2/c1-7(11)6-12-8-9(2,3)10(8,4)5/h7-8,12H,6,11H2,1-5H3. The van der Waals surface area contributed by atoms with Gasteiger partial charge in [0.1, 0.15) is 0 Å². The summed E-state index contributed by atoms with van der Waals surface area (Å²) in [6, 6.07) is 0.896. The van der Waals surface area contributed by atoms with Gasteiger partial charge >= 0.3 is 0 Å². The summed E-state index contributed by atoms with van der Waals surface area (Å²) in [6.45, 7) is 12.2. The highest BCUT2D eigenvalue weighted by molar-refractivity contribution is 5.17. The highest BCUT2D eigenvalue weighted by Gasteiger charge is 2.64. The molecule has 0 amide bonds. The van der Waals surface area contributed by atoms with Gasteiger partial charge in [-0.15, -0.1) is 0 Å². The van der Waals surface area contributed by atoms with Gasteiger partial charge in [-0.2, -0.15) is 0 Å². The summed E-state index contributed by atoms with van der Waals surface area (Å²) in [4.78, 5) is 0. The first kappa shape index (κ1) is 10.0. The Morgan fingerprint density at radius 3 is 1.92 bits per heavy atom. The van der Waals surface area contributed by atoms with Crippen molar-refractivity contribution in [3.05, 3.63) is 0 Å². The van der Waals surface area contributed by atoms with Gasteiger partial charge in [-0.25, -0.2) is 0 Å². The molecule has 0 radical (unpaired) electrons. The van der Waals surface area contributed by atoms with Crippen LogP contribution in [0.1, 0.15) is 34.6 Å². The van der Waals surface area contributed by atoms with Gasteiger partial charge < -0.3 is 11.1 Å². The molecular weight excluding hydrogens is 148 g/mol. The molecule has 0 aromatic carbocycles. The largest absolute Gasteiger partial charge is 0.327 e. The third kappa shape index (κ3) is 1.38. The number of hydrogen-bond donors (Lipinski definition) is 2. The van der Waals surface area contributed by atoms with E-state index in [2.05, 4.69) is 33.0 Å². The first-order chi connectivity index (χ1) is 5.30. The predicted octanol–water partition coefficient (Wildman–Crippen LogP) is 1.36. The molecule has 0 heterocycles. The fourth-order valence-corrected chi connectivity index (χ4v) is 2.01. The number of rotatable bonds is 3. The molecule has 1 aliphatic carbocycles. The Morgan fingerprint density at radius 1 is 1.25 bits per heavy atom. The molecular formula is C10H22N2. The summed E-state index contributed by atoms with van der Waals surface area (Å²) in [5.74, 6) is 0. The van der Waals surface area contributed by atoms with E-state index >= 15 is 0 Å². The van der Waals surface area contributed by atoms with Crippen LogP contribution in [0, 0.1) is 10.8 Å². The Labute approximate surface area is 75.9 Å². The molecule has 72 valence electrons. The van der Waals surface area contributed by atoms with E-state index in [9.17, 15) is 0 Å². The Kier molecular flexibility index (Phi) is 2.26. The summed E-state index contributed by atoms with van der Waals surface area (Å²) in [6.07, 6.45) is 0. The summed E-state index contributed by atoms with van der Waals surface area (Å²) in [5, 5.41) is 3.51. The molecule has 0 spiro atoms. The van der Waals surface area contributed by atoms with Gasteiger partial charge in [0.2, 0.25) is 0 Å². The minimum atomic E-state index is 0.261. The third-order valence-corrected chi connectivity index (χ3v) is 3.66. The van der Waals surface area contributed by atoms with Gasteiger partial charge in [0.15, 0.2) is 0 Å². The van der Waals surface area contributed by atoms with E-state index in [1.54, 1.807) is 0 Å². The lowest BCUT2D eigenvalue weighted by molar-refractivity contribution is 0.457. The molecule has 1 rings (SSSR count). The SMILES string of the molecule is CC(N)CNC1C(C)(C)C1(C)C. The van der Waals surface area contributed by atoms with Crippen LogP contribution in [0.2, 0.25) is 0 Å². The highest BCUT2D eigenvalue weighted by atomic mass is 15.1. The fraction of sp³-hybridized carbons (Fsp3) is 1.00. The second-order valence-corrected chi connectivity index (χ2v) is 5.26. The van der Waals surface area contributed by atoms with Crippen LogP contribution >= 0.6 is 0 Å². The van der Waals surface area contributed by atoms with Crippen molar-refractivity contribution in [2.45, 2.75) is 46.7 Å². The smallest absolute Gasteiger partial charge is 0.0181 e. The van der Waals surface area contributed by atoms with Gasteiger partial charge in [-0.1, -0.05) is 27.7 Å². The van der Waals surface area contributed by atoms with E-state index in [-0.39, 0.29) is 6.04 Å². The Bertz CT molecular complexity index is 157. The topological polar surface area (TPSA) is 38.0 Å². The Balaban J connectivity index is 2.39. The van der Waals surface area contributed by atoms with Crippen molar-refractivity contribution in [2.24, 2.45) is 16.6 Å². The lowest BCUT2D eigenvalue weighted by Crippen LogP contribution is -2.34. The quantitative estimate of drug-likeness (QED) is 0.671. The average Bonchev–Trinajstić information content (AvgIpc) is 2.21. The average molecular weight is 170 g/mol. The number of hydrogen-bond acceptors (Lipinski definition) is 2. The zero-order valence-electron chi connectivity index (χ0n) is 8.94. The van der Waals surface area contributed by atoms with Crippen LogP contribution < -0.4 is 11.1 Å². The van der Waals surface area contributed by atoms with Crippen LogP contribution in [0.5, 0.6) is 0 Å². The molecule has 2 heteroatoms. The van der Waals surface area contributed by atoms with Crippen molar-refractivity contribution in [1.82, 2.24) is 5.32 Å². The third-order valence-electron chi connectivity index (χ3n) is 3.66. The fourth-order valence-electron chi connectivity index (χ4n) is 2.01. The minimum Gasteiger partial charge on any atom is -0.327 e. The van der Waals surface area contributed by atoms with Crippen LogP contribution in [0.25, 0.3) is 0 Å². The van der Waals surface area contributed by atoms with Crippen molar-refractivity contribution in [2.75, 3.05) is 6.54 Å². The first-order valence-electron chi connectivity index (χ1n) is 4.79. The van der Waals surface area contributed by atoms with Crippen LogP contribution in [0.15, 0.2) is 0 Å². The molecule has 0 aromatic heterocycles. The van der Waals surface area contributed by atoms with E-state index in [1.165, 1.54) is 0 Å². The Morgan fingerprint density at radius 2 is 1.67 bits per heavy atom. The van der Waals surface area contributed by atoms with Crippen LogP contribution in [0.4, 0.5) is 0 Å². The zero-order valence-corrected chi connectivity index (χ0v) is 8.94. The van der Waals surface area contributed by atoms with Gasteiger partial charge in [-0.3, -0.25) is 0 Å². The molecule has 3 N–H and O–H groups in total. The van der Waals surface area contributed by atoms with Gasteiger partial charge in [0.05, 0.1) is 0 Å². The van der Waals surface area contributed by atoms with Crippen molar-refractivity contribution in [3.63, 3.8) is 0 Å². The molecule has 1 saturated carbocycles. The summed E-state index contributed by atoms with van der Waals surface area (Å²) < 4.78 is 0. The Hall–Kier alpha value is -0.0800. The lowest BCUT2D eigenvalue weighted by Gasteiger charge is -2.08. The van der Waals surface area contributed by atoms with Crippen LogP contribution in [-0.4, -0.2) is 18.6 Å². The van der Waals surface area contributed by atoms with Gasteiger partial charge in [-0.05, 0) is 17.8 Å². The number of nitrogens with two attached hydrogens (primary N) is 1. The molecule has 0 saturated heterocycles. The second kappa shape index (κ2) is 2.71. The highest BCUT2D eigenvalue weighted by Crippen LogP contribution is 2.62.